The molecule has 100 valence electrons. The summed E-state index contributed by atoms with van der Waals surface area (Å²) in [5.74, 6) is 0.525. The second-order valence-corrected chi connectivity index (χ2v) is 6.21. The highest BCUT2D eigenvalue weighted by molar-refractivity contribution is 6.33. The molecule has 1 nitrogen and oxygen atoms in total. The maximum Gasteiger partial charge on any atom is 0.0642 e. The van der Waals surface area contributed by atoms with E-state index in [0.29, 0.717) is 11.3 Å². The number of hydrogen-bond donors (Lipinski definition) is 0. The highest BCUT2D eigenvalue weighted by Crippen LogP contribution is 2.39. The van der Waals surface area contributed by atoms with E-state index < -0.39 is 0 Å². The second-order valence-electron chi connectivity index (χ2n) is 5.53. The Kier molecular flexibility index (Phi) is 4.45. The number of alkyl halides is 1. The zero-order valence-corrected chi connectivity index (χ0v) is 12.7. The molecule has 1 aromatic rings. The van der Waals surface area contributed by atoms with E-state index in [9.17, 15) is 0 Å². The van der Waals surface area contributed by atoms with Crippen molar-refractivity contribution in [2.45, 2.75) is 39.0 Å². The van der Waals surface area contributed by atoms with Crippen LogP contribution in [0.4, 0.5) is 5.69 Å². The number of benzene rings is 1. The van der Waals surface area contributed by atoms with Crippen LogP contribution in [0.2, 0.25) is 5.02 Å². The van der Waals surface area contributed by atoms with E-state index in [2.05, 4.69) is 24.8 Å². The van der Waals surface area contributed by atoms with Crippen molar-refractivity contribution in [1.82, 2.24) is 0 Å². The molecule has 0 N–H and O–H groups in total. The Morgan fingerprint density at radius 2 is 1.94 bits per heavy atom. The van der Waals surface area contributed by atoms with Crippen molar-refractivity contribution in [2.24, 2.45) is 5.41 Å². The van der Waals surface area contributed by atoms with E-state index in [4.69, 9.17) is 23.2 Å². The molecule has 0 saturated carbocycles. The summed E-state index contributed by atoms with van der Waals surface area (Å²) in [6, 6.07) is 6.01. The van der Waals surface area contributed by atoms with Gasteiger partial charge in [0.15, 0.2) is 0 Å². The van der Waals surface area contributed by atoms with Crippen LogP contribution in [0.25, 0.3) is 0 Å². The van der Waals surface area contributed by atoms with Gasteiger partial charge in [-0.2, -0.15) is 0 Å². The van der Waals surface area contributed by atoms with Crippen LogP contribution in [0.1, 0.15) is 38.7 Å². The number of hydrogen-bond acceptors (Lipinski definition) is 1. The summed E-state index contributed by atoms with van der Waals surface area (Å²) in [6.07, 6.45) is 3.72. The highest BCUT2D eigenvalue weighted by atomic mass is 35.5. The van der Waals surface area contributed by atoms with Crippen LogP contribution < -0.4 is 4.90 Å². The summed E-state index contributed by atoms with van der Waals surface area (Å²) in [7, 11) is 0. The maximum atomic E-state index is 6.35. The van der Waals surface area contributed by atoms with Gasteiger partial charge in [-0.15, -0.1) is 11.6 Å². The van der Waals surface area contributed by atoms with Crippen molar-refractivity contribution in [3.63, 3.8) is 0 Å². The lowest BCUT2D eigenvalue weighted by molar-refractivity contribution is 0.238. The molecule has 1 aromatic carbocycles. The van der Waals surface area contributed by atoms with Crippen LogP contribution in [0.15, 0.2) is 18.2 Å². The standard InChI is InChI=1S/C15H21Cl2N/c1-3-15(2)7-9-18(10-8-15)14-12(11-16)5-4-6-13(14)17/h4-6H,3,7-11H2,1-2H3. The van der Waals surface area contributed by atoms with Gasteiger partial charge in [-0.25, -0.2) is 0 Å². The van der Waals surface area contributed by atoms with E-state index in [1.54, 1.807) is 0 Å². The Morgan fingerprint density at radius 1 is 1.28 bits per heavy atom. The van der Waals surface area contributed by atoms with Crippen molar-refractivity contribution in [3.05, 3.63) is 28.8 Å². The minimum absolute atomic E-state index is 0.499. The molecule has 2 rings (SSSR count). The minimum atomic E-state index is 0.499. The highest BCUT2D eigenvalue weighted by Gasteiger charge is 2.29. The van der Waals surface area contributed by atoms with Crippen LogP contribution in [-0.2, 0) is 5.88 Å². The molecule has 0 spiro atoms. The molecule has 0 atom stereocenters. The number of anilines is 1. The largest absolute Gasteiger partial charge is 0.370 e. The summed E-state index contributed by atoms with van der Waals surface area (Å²) in [6.45, 7) is 6.84. The fraction of sp³-hybridized carbons (Fsp3) is 0.600. The normalized spacial score (nSPS) is 19.0. The summed E-state index contributed by atoms with van der Waals surface area (Å²) in [5, 5.41) is 0.827. The van der Waals surface area contributed by atoms with Gasteiger partial charge in [0.05, 0.1) is 10.7 Å². The molecule has 3 heteroatoms. The van der Waals surface area contributed by atoms with Crippen molar-refractivity contribution >= 4 is 28.9 Å². The van der Waals surface area contributed by atoms with Gasteiger partial charge in [-0.05, 0) is 29.9 Å². The quantitative estimate of drug-likeness (QED) is 0.699. The summed E-state index contributed by atoms with van der Waals surface area (Å²) >= 11 is 12.4. The van der Waals surface area contributed by atoms with Gasteiger partial charge < -0.3 is 4.90 Å². The van der Waals surface area contributed by atoms with E-state index >= 15 is 0 Å². The third-order valence-electron chi connectivity index (χ3n) is 4.35. The number of piperidine rings is 1. The Hall–Kier alpha value is -0.400. The Labute approximate surface area is 120 Å². The molecule has 18 heavy (non-hydrogen) atoms. The summed E-state index contributed by atoms with van der Waals surface area (Å²) < 4.78 is 0. The molecule has 0 unspecified atom stereocenters. The molecular formula is C15H21Cl2N. The lowest BCUT2D eigenvalue weighted by Gasteiger charge is -2.41. The van der Waals surface area contributed by atoms with Gasteiger partial charge in [0.1, 0.15) is 0 Å². The van der Waals surface area contributed by atoms with Gasteiger partial charge in [0.25, 0.3) is 0 Å². The molecular weight excluding hydrogens is 265 g/mol. The van der Waals surface area contributed by atoms with Gasteiger partial charge in [-0.1, -0.05) is 44.0 Å². The third-order valence-corrected chi connectivity index (χ3v) is 4.95. The average molecular weight is 286 g/mol. The predicted octanol–water partition coefficient (Wildman–Crippen LogP) is 5.10. The smallest absolute Gasteiger partial charge is 0.0642 e. The number of para-hydroxylation sites is 1. The Balaban J connectivity index is 2.19. The van der Waals surface area contributed by atoms with E-state index in [0.717, 1.165) is 29.4 Å². The van der Waals surface area contributed by atoms with E-state index in [1.165, 1.54) is 19.3 Å². The molecule has 1 saturated heterocycles. The number of nitrogens with zero attached hydrogens (tertiary/aromatic N) is 1. The van der Waals surface area contributed by atoms with Crippen molar-refractivity contribution < 1.29 is 0 Å². The van der Waals surface area contributed by atoms with Gasteiger partial charge in [0, 0.05) is 19.0 Å². The fourth-order valence-electron chi connectivity index (χ4n) is 2.65. The fourth-order valence-corrected chi connectivity index (χ4v) is 3.17. The predicted molar refractivity (Wildman–Crippen MR) is 80.9 cm³/mol. The van der Waals surface area contributed by atoms with Crippen molar-refractivity contribution in [3.8, 4) is 0 Å². The van der Waals surface area contributed by atoms with Crippen LogP contribution >= 0.6 is 23.2 Å². The lowest BCUT2D eigenvalue weighted by Crippen LogP contribution is -2.39. The molecule has 1 aliphatic heterocycles. The first kappa shape index (κ1) is 14.0. The SMILES string of the molecule is CCC1(C)CCN(c2c(Cl)cccc2CCl)CC1. The average Bonchev–Trinajstić information content (AvgIpc) is 2.40. The molecule has 0 radical (unpaired) electrons. The number of halogens is 2. The lowest BCUT2D eigenvalue weighted by atomic mass is 9.78. The Bertz CT molecular complexity index is 409. The van der Waals surface area contributed by atoms with Gasteiger partial charge >= 0.3 is 0 Å². The van der Waals surface area contributed by atoms with E-state index in [-0.39, 0.29) is 0 Å². The molecule has 1 fully saturated rings. The van der Waals surface area contributed by atoms with Gasteiger partial charge in [0.2, 0.25) is 0 Å². The summed E-state index contributed by atoms with van der Waals surface area (Å²) in [4.78, 5) is 2.40. The molecule has 0 bridgehead atoms. The maximum absolute atomic E-state index is 6.35. The molecule has 0 aromatic heterocycles. The monoisotopic (exact) mass is 285 g/mol. The summed E-state index contributed by atoms with van der Waals surface area (Å²) in [5.41, 5.74) is 2.79. The number of rotatable bonds is 3. The topological polar surface area (TPSA) is 3.24 Å². The minimum Gasteiger partial charge on any atom is -0.370 e. The second kappa shape index (κ2) is 5.71. The van der Waals surface area contributed by atoms with Crippen LogP contribution in [0.3, 0.4) is 0 Å². The molecule has 0 amide bonds. The van der Waals surface area contributed by atoms with Crippen molar-refractivity contribution in [2.75, 3.05) is 18.0 Å². The van der Waals surface area contributed by atoms with Gasteiger partial charge in [-0.3, -0.25) is 0 Å². The van der Waals surface area contributed by atoms with E-state index in [1.807, 2.05) is 12.1 Å². The Morgan fingerprint density at radius 3 is 2.50 bits per heavy atom. The van der Waals surface area contributed by atoms with Crippen LogP contribution in [0, 0.1) is 5.41 Å². The first-order valence-corrected chi connectivity index (χ1v) is 7.59. The third kappa shape index (κ3) is 2.78. The molecule has 1 heterocycles. The van der Waals surface area contributed by atoms with Crippen molar-refractivity contribution in [1.29, 1.82) is 0 Å². The first-order valence-electron chi connectivity index (χ1n) is 6.68. The zero-order chi connectivity index (χ0) is 13.2. The van der Waals surface area contributed by atoms with Crippen LogP contribution in [-0.4, -0.2) is 13.1 Å². The first-order chi connectivity index (χ1) is 8.59. The zero-order valence-electron chi connectivity index (χ0n) is 11.2. The molecule has 1 aliphatic rings. The van der Waals surface area contributed by atoms with Crippen LogP contribution in [0.5, 0.6) is 0 Å². The molecule has 0 aliphatic carbocycles.